The maximum Gasteiger partial charge on any atom is 0.193 e. The molecule has 0 bridgehead atoms. The van der Waals surface area contributed by atoms with E-state index in [-0.39, 0.29) is 30.0 Å². The van der Waals surface area contributed by atoms with E-state index in [0.717, 1.165) is 30.3 Å². The maximum atomic E-state index is 6.15. The van der Waals surface area contributed by atoms with Gasteiger partial charge < -0.3 is 20.5 Å². The van der Waals surface area contributed by atoms with Gasteiger partial charge in [0.2, 0.25) is 0 Å². The Hall–Kier alpha value is -2.00. The molecule has 0 amide bonds. The summed E-state index contributed by atoms with van der Waals surface area (Å²) in [5, 5.41) is 3.14. The summed E-state index contributed by atoms with van der Waals surface area (Å²) in [7, 11) is 3.33. The van der Waals surface area contributed by atoms with Gasteiger partial charge in [-0.3, -0.25) is 9.89 Å². The second-order valence-electron chi connectivity index (χ2n) is 6.59. The Balaban J connectivity index is 0.00000280. The predicted molar refractivity (Wildman–Crippen MR) is 125 cm³/mol. The number of guanidine groups is 1. The summed E-state index contributed by atoms with van der Waals surface area (Å²) in [5.41, 5.74) is 8.16. The Morgan fingerprint density at radius 3 is 2.57 bits per heavy atom. The van der Waals surface area contributed by atoms with Gasteiger partial charge in [0, 0.05) is 0 Å². The standard InChI is InChI=1S/C21H28N4O2.HI/c1-26-17-9-7-8-16(14-17)19(25-12-5-6-13-25)15-23-21(22)24-18-10-3-4-11-20(18)27-2;/h3-4,7-11,14,19H,5-6,12-13,15H2,1-2H3,(H3,22,23,24);1H. The molecule has 1 aliphatic rings. The third-order valence-corrected chi connectivity index (χ3v) is 4.86. The normalized spacial score (nSPS) is 15.6. The van der Waals surface area contributed by atoms with Crippen LogP contribution >= 0.6 is 24.0 Å². The Morgan fingerprint density at radius 2 is 1.86 bits per heavy atom. The minimum absolute atomic E-state index is 0. The van der Waals surface area contributed by atoms with Crippen molar-refractivity contribution in [3.8, 4) is 11.5 Å². The fourth-order valence-electron chi connectivity index (χ4n) is 3.44. The zero-order valence-electron chi connectivity index (χ0n) is 16.4. The first-order chi connectivity index (χ1) is 13.2. The first-order valence-electron chi connectivity index (χ1n) is 9.29. The molecule has 1 fully saturated rings. The molecule has 0 saturated carbocycles. The molecule has 0 radical (unpaired) electrons. The summed E-state index contributed by atoms with van der Waals surface area (Å²) >= 11 is 0. The van der Waals surface area contributed by atoms with Crippen LogP contribution in [0, 0.1) is 0 Å². The highest BCUT2D eigenvalue weighted by Gasteiger charge is 2.23. The zero-order valence-corrected chi connectivity index (χ0v) is 18.8. The van der Waals surface area contributed by atoms with Gasteiger partial charge in [-0.05, 0) is 55.8 Å². The van der Waals surface area contributed by atoms with Crippen molar-refractivity contribution in [2.24, 2.45) is 10.7 Å². The SMILES string of the molecule is COc1cccc(C(CN=C(N)Nc2ccccc2OC)N2CCCC2)c1.I. The van der Waals surface area contributed by atoms with Crippen LogP contribution in [0.4, 0.5) is 5.69 Å². The van der Waals surface area contributed by atoms with Crippen molar-refractivity contribution in [2.75, 3.05) is 39.2 Å². The van der Waals surface area contributed by atoms with E-state index in [1.807, 2.05) is 36.4 Å². The summed E-state index contributed by atoms with van der Waals surface area (Å²) in [5.74, 6) is 1.98. The monoisotopic (exact) mass is 496 g/mol. The van der Waals surface area contributed by atoms with Gasteiger partial charge in [-0.2, -0.15) is 0 Å². The van der Waals surface area contributed by atoms with E-state index < -0.39 is 0 Å². The van der Waals surface area contributed by atoms with E-state index in [9.17, 15) is 0 Å². The summed E-state index contributed by atoms with van der Waals surface area (Å²) < 4.78 is 10.7. The van der Waals surface area contributed by atoms with Gasteiger partial charge in [0.1, 0.15) is 11.5 Å². The van der Waals surface area contributed by atoms with Crippen molar-refractivity contribution in [1.29, 1.82) is 0 Å². The van der Waals surface area contributed by atoms with Gasteiger partial charge in [0.05, 0.1) is 32.5 Å². The molecule has 28 heavy (non-hydrogen) atoms. The highest BCUT2D eigenvalue weighted by atomic mass is 127. The number of rotatable bonds is 7. The average Bonchev–Trinajstić information content (AvgIpc) is 3.23. The van der Waals surface area contributed by atoms with Gasteiger partial charge in [0.25, 0.3) is 0 Å². The second kappa shape index (κ2) is 11.1. The lowest BCUT2D eigenvalue weighted by atomic mass is 10.1. The van der Waals surface area contributed by atoms with Gasteiger partial charge in [-0.25, -0.2) is 0 Å². The topological polar surface area (TPSA) is 72.1 Å². The molecular weight excluding hydrogens is 467 g/mol. The molecule has 6 nitrogen and oxygen atoms in total. The van der Waals surface area contributed by atoms with E-state index in [2.05, 4.69) is 27.3 Å². The summed E-state index contributed by atoms with van der Waals surface area (Å²) in [6.45, 7) is 2.75. The van der Waals surface area contributed by atoms with Gasteiger partial charge in [-0.1, -0.05) is 24.3 Å². The van der Waals surface area contributed by atoms with Gasteiger partial charge >= 0.3 is 0 Å². The predicted octanol–water partition coefficient (Wildman–Crippen LogP) is 3.89. The van der Waals surface area contributed by atoms with Crippen molar-refractivity contribution in [3.63, 3.8) is 0 Å². The smallest absolute Gasteiger partial charge is 0.193 e. The number of aliphatic imine (C=N–C) groups is 1. The quantitative estimate of drug-likeness (QED) is 0.346. The minimum atomic E-state index is 0. The Kier molecular flexibility index (Phi) is 8.85. The highest BCUT2D eigenvalue weighted by molar-refractivity contribution is 14.0. The molecule has 0 aromatic heterocycles. The number of nitrogens with zero attached hydrogens (tertiary/aromatic N) is 2. The molecule has 2 aromatic rings. The molecule has 3 N–H and O–H groups in total. The summed E-state index contributed by atoms with van der Waals surface area (Å²) in [6.07, 6.45) is 2.44. The number of hydrogen-bond donors (Lipinski definition) is 2. The number of benzene rings is 2. The van der Waals surface area contributed by atoms with Crippen LogP contribution in [0.15, 0.2) is 53.5 Å². The van der Waals surface area contributed by atoms with E-state index in [4.69, 9.17) is 15.2 Å². The molecule has 1 saturated heterocycles. The Bertz CT molecular complexity index is 779. The molecule has 1 unspecified atom stereocenters. The van der Waals surface area contributed by atoms with E-state index in [1.165, 1.54) is 18.4 Å². The summed E-state index contributed by atoms with van der Waals surface area (Å²) in [4.78, 5) is 7.08. The van der Waals surface area contributed by atoms with Crippen molar-refractivity contribution in [3.05, 3.63) is 54.1 Å². The number of nitrogens with one attached hydrogen (secondary N) is 1. The largest absolute Gasteiger partial charge is 0.497 e. The fraction of sp³-hybridized carbons (Fsp3) is 0.381. The van der Waals surface area contributed by atoms with Crippen LogP contribution < -0.4 is 20.5 Å². The zero-order chi connectivity index (χ0) is 19.1. The lowest BCUT2D eigenvalue weighted by Crippen LogP contribution is -2.30. The number of nitrogens with two attached hydrogens (primary N) is 1. The number of methoxy groups -OCH3 is 2. The van der Waals surface area contributed by atoms with Gasteiger partial charge in [0.15, 0.2) is 5.96 Å². The van der Waals surface area contributed by atoms with Crippen LogP contribution in [0.25, 0.3) is 0 Å². The first-order valence-corrected chi connectivity index (χ1v) is 9.29. The number of hydrogen-bond acceptors (Lipinski definition) is 4. The van der Waals surface area contributed by atoms with Crippen LogP contribution in [0.2, 0.25) is 0 Å². The number of likely N-dealkylation sites (tertiary alicyclic amines) is 1. The van der Waals surface area contributed by atoms with Crippen molar-refractivity contribution < 1.29 is 9.47 Å². The van der Waals surface area contributed by atoms with E-state index in [1.54, 1.807) is 14.2 Å². The van der Waals surface area contributed by atoms with E-state index in [0.29, 0.717) is 12.5 Å². The Labute approximate surface area is 184 Å². The Morgan fingerprint density at radius 1 is 1.11 bits per heavy atom. The molecule has 1 atom stereocenters. The third-order valence-electron chi connectivity index (χ3n) is 4.86. The van der Waals surface area contributed by atoms with Crippen LogP contribution in [-0.4, -0.2) is 44.7 Å². The molecule has 1 aliphatic heterocycles. The number of halogens is 1. The highest BCUT2D eigenvalue weighted by Crippen LogP contribution is 2.28. The second-order valence-corrected chi connectivity index (χ2v) is 6.59. The fourth-order valence-corrected chi connectivity index (χ4v) is 3.44. The molecule has 0 aliphatic carbocycles. The van der Waals surface area contributed by atoms with Crippen LogP contribution in [0.5, 0.6) is 11.5 Å². The molecular formula is C21H29IN4O2. The molecule has 7 heteroatoms. The van der Waals surface area contributed by atoms with E-state index >= 15 is 0 Å². The van der Waals surface area contributed by atoms with Crippen molar-refractivity contribution in [2.45, 2.75) is 18.9 Å². The maximum absolute atomic E-state index is 6.15. The molecule has 152 valence electrons. The lowest BCUT2D eigenvalue weighted by Gasteiger charge is -2.27. The first kappa shape index (κ1) is 22.3. The van der Waals surface area contributed by atoms with Gasteiger partial charge in [-0.15, -0.1) is 24.0 Å². The third kappa shape index (κ3) is 5.75. The van der Waals surface area contributed by atoms with Crippen LogP contribution in [0.1, 0.15) is 24.4 Å². The van der Waals surface area contributed by atoms with Crippen LogP contribution in [0.3, 0.4) is 0 Å². The molecule has 1 heterocycles. The van der Waals surface area contributed by atoms with Crippen molar-refractivity contribution >= 4 is 35.6 Å². The average molecular weight is 496 g/mol. The molecule has 2 aromatic carbocycles. The molecule has 0 spiro atoms. The number of ether oxygens (including phenoxy) is 2. The summed E-state index contributed by atoms with van der Waals surface area (Å²) in [6, 6.07) is 16.0. The number of anilines is 1. The lowest BCUT2D eigenvalue weighted by molar-refractivity contribution is 0.251. The van der Waals surface area contributed by atoms with Crippen LogP contribution in [-0.2, 0) is 0 Å². The number of para-hydroxylation sites is 2. The minimum Gasteiger partial charge on any atom is -0.497 e. The molecule has 3 rings (SSSR count). The van der Waals surface area contributed by atoms with Crippen molar-refractivity contribution in [1.82, 2.24) is 4.90 Å².